The first-order valence-electron chi connectivity index (χ1n) is 5.57. The molecule has 4 heteroatoms. The highest BCUT2D eigenvalue weighted by molar-refractivity contribution is 7.07. The lowest BCUT2D eigenvalue weighted by molar-refractivity contribution is 0.0494. The third kappa shape index (κ3) is 5.61. The molecule has 0 aromatic carbocycles. The second kappa shape index (κ2) is 7.01. The van der Waals surface area contributed by atoms with E-state index < -0.39 is 5.60 Å². The SMILES string of the molecule is COCCNCC(C)(O)CCc1ccsc1. The predicted octanol–water partition coefficient (Wildman–Crippen LogP) is 1.67. The Morgan fingerprint density at radius 1 is 1.56 bits per heavy atom. The number of thiophene rings is 1. The van der Waals surface area contributed by atoms with E-state index in [1.165, 1.54) is 5.56 Å². The summed E-state index contributed by atoms with van der Waals surface area (Å²) < 4.78 is 4.93. The Kier molecular flexibility index (Phi) is 5.98. The fourth-order valence-electron chi connectivity index (χ4n) is 1.47. The van der Waals surface area contributed by atoms with Crippen LogP contribution in [-0.2, 0) is 11.2 Å². The molecular weight excluding hydrogens is 222 g/mol. The van der Waals surface area contributed by atoms with Gasteiger partial charge in [0.05, 0.1) is 12.2 Å². The van der Waals surface area contributed by atoms with Gasteiger partial charge in [-0.05, 0) is 42.2 Å². The summed E-state index contributed by atoms with van der Waals surface area (Å²) in [7, 11) is 1.68. The van der Waals surface area contributed by atoms with Crippen LogP contribution in [0.15, 0.2) is 16.8 Å². The van der Waals surface area contributed by atoms with Crippen molar-refractivity contribution in [3.63, 3.8) is 0 Å². The van der Waals surface area contributed by atoms with Gasteiger partial charge in [-0.3, -0.25) is 0 Å². The third-order valence-electron chi connectivity index (χ3n) is 2.52. The van der Waals surface area contributed by atoms with Crippen LogP contribution in [0.4, 0.5) is 0 Å². The van der Waals surface area contributed by atoms with E-state index in [-0.39, 0.29) is 0 Å². The van der Waals surface area contributed by atoms with Crippen molar-refractivity contribution in [1.82, 2.24) is 5.32 Å². The van der Waals surface area contributed by atoms with Crippen molar-refractivity contribution in [3.8, 4) is 0 Å². The molecule has 1 rings (SSSR count). The Morgan fingerprint density at radius 2 is 2.38 bits per heavy atom. The Hall–Kier alpha value is -0.420. The number of methoxy groups -OCH3 is 1. The summed E-state index contributed by atoms with van der Waals surface area (Å²) in [5.41, 5.74) is 0.664. The monoisotopic (exact) mass is 243 g/mol. The highest BCUT2D eigenvalue weighted by Crippen LogP contribution is 2.15. The van der Waals surface area contributed by atoms with E-state index in [0.29, 0.717) is 13.2 Å². The zero-order valence-corrected chi connectivity index (χ0v) is 10.8. The fourth-order valence-corrected chi connectivity index (χ4v) is 2.17. The molecule has 0 radical (unpaired) electrons. The van der Waals surface area contributed by atoms with Gasteiger partial charge in [0.1, 0.15) is 0 Å². The molecule has 0 bridgehead atoms. The van der Waals surface area contributed by atoms with Gasteiger partial charge in [-0.1, -0.05) is 0 Å². The maximum atomic E-state index is 10.1. The van der Waals surface area contributed by atoms with Crippen LogP contribution in [-0.4, -0.2) is 37.5 Å². The van der Waals surface area contributed by atoms with E-state index in [0.717, 1.165) is 19.4 Å². The largest absolute Gasteiger partial charge is 0.389 e. The molecule has 3 nitrogen and oxygen atoms in total. The Labute approximate surface area is 101 Å². The van der Waals surface area contributed by atoms with Gasteiger partial charge in [0.2, 0.25) is 0 Å². The van der Waals surface area contributed by atoms with Crippen LogP contribution in [0.5, 0.6) is 0 Å². The smallest absolute Gasteiger partial charge is 0.0746 e. The van der Waals surface area contributed by atoms with E-state index in [1.54, 1.807) is 18.4 Å². The van der Waals surface area contributed by atoms with Gasteiger partial charge in [-0.25, -0.2) is 0 Å². The molecule has 1 aromatic heterocycles. The number of ether oxygens (including phenoxy) is 1. The molecule has 16 heavy (non-hydrogen) atoms. The molecule has 92 valence electrons. The average Bonchev–Trinajstić information content (AvgIpc) is 2.75. The van der Waals surface area contributed by atoms with E-state index >= 15 is 0 Å². The summed E-state index contributed by atoms with van der Waals surface area (Å²) in [5.74, 6) is 0. The first-order chi connectivity index (χ1) is 7.64. The van der Waals surface area contributed by atoms with E-state index in [1.807, 2.05) is 6.92 Å². The number of aliphatic hydroxyl groups is 1. The molecule has 0 aliphatic carbocycles. The number of hydrogen-bond acceptors (Lipinski definition) is 4. The topological polar surface area (TPSA) is 41.5 Å². The molecule has 0 saturated heterocycles. The minimum Gasteiger partial charge on any atom is -0.389 e. The zero-order valence-electron chi connectivity index (χ0n) is 10.0. The van der Waals surface area contributed by atoms with Crippen molar-refractivity contribution < 1.29 is 9.84 Å². The van der Waals surface area contributed by atoms with Gasteiger partial charge in [-0.15, -0.1) is 0 Å². The summed E-state index contributed by atoms with van der Waals surface area (Å²) in [6.45, 7) is 3.95. The summed E-state index contributed by atoms with van der Waals surface area (Å²) >= 11 is 1.70. The van der Waals surface area contributed by atoms with Crippen molar-refractivity contribution in [3.05, 3.63) is 22.4 Å². The lowest BCUT2D eigenvalue weighted by Crippen LogP contribution is -2.39. The van der Waals surface area contributed by atoms with Crippen LogP contribution in [0.25, 0.3) is 0 Å². The van der Waals surface area contributed by atoms with E-state index in [4.69, 9.17) is 4.74 Å². The highest BCUT2D eigenvalue weighted by atomic mass is 32.1. The molecule has 2 N–H and O–H groups in total. The normalized spacial score (nSPS) is 14.9. The highest BCUT2D eigenvalue weighted by Gasteiger charge is 2.19. The summed E-state index contributed by atoms with van der Waals surface area (Å²) in [6.07, 6.45) is 1.71. The third-order valence-corrected chi connectivity index (χ3v) is 3.25. The second-order valence-electron chi connectivity index (χ2n) is 4.30. The van der Waals surface area contributed by atoms with E-state index in [2.05, 4.69) is 22.1 Å². The Balaban J connectivity index is 2.17. The molecule has 1 aromatic rings. The van der Waals surface area contributed by atoms with Crippen LogP contribution in [0.2, 0.25) is 0 Å². The lowest BCUT2D eigenvalue weighted by Gasteiger charge is -2.23. The van der Waals surface area contributed by atoms with Gasteiger partial charge in [0.15, 0.2) is 0 Å². The standard InChI is InChI=1S/C12H21NO2S/c1-12(14,10-13-6-7-15-2)5-3-11-4-8-16-9-11/h4,8-9,13-14H,3,5-7,10H2,1-2H3. The first-order valence-corrected chi connectivity index (χ1v) is 6.51. The molecule has 0 aliphatic rings. The minimum absolute atomic E-state index is 0.612. The van der Waals surface area contributed by atoms with Gasteiger partial charge in [-0.2, -0.15) is 11.3 Å². The molecule has 1 atom stereocenters. The molecule has 0 aliphatic heterocycles. The van der Waals surface area contributed by atoms with Crippen LogP contribution < -0.4 is 5.32 Å². The zero-order chi connectivity index (χ0) is 11.9. The van der Waals surface area contributed by atoms with Crippen molar-refractivity contribution in [2.45, 2.75) is 25.4 Å². The average molecular weight is 243 g/mol. The Morgan fingerprint density at radius 3 is 3.00 bits per heavy atom. The van der Waals surface area contributed by atoms with Gasteiger partial charge in [0.25, 0.3) is 0 Å². The number of nitrogens with one attached hydrogen (secondary N) is 1. The lowest BCUT2D eigenvalue weighted by atomic mass is 9.98. The molecule has 1 heterocycles. The number of hydrogen-bond donors (Lipinski definition) is 2. The molecular formula is C12H21NO2S. The summed E-state index contributed by atoms with van der Waals surface area (Å²) in [4.78, 5) is 0. The molecule has 0 spiro atoms. The second-order valence-corrected chi connectivity index (χ2v) is 5.08. The number of aryl methyl sites for hydroxylation is 1. The fraction of sp³-hybridized carbons (Fsp3) is 0.667. The maximum Gasteiger partial charge on any atom is 0.0746 e. The van der Waals surface area contributed by atoms with Crippen molar-refractivity contribution in [2.24, 2.45) is 0 Å². The Bertz CT molecular complexity index is 273. The molecule has 0 fully saturated rings. The van der Waals surface area contributed by atoms with Crippen molar-refractivity contribution >= 4 is 11.3 Å². The maximum absolute atomic E-state index is 10.1. The van der Waals surface area contributed by atoms with Gasteiger partial charge < -0.3 is 15.2 Å². The first kappa shape index (κ1) is 13.6. The summed E-state index contributed by atoms with van der Waals surface area (Å²) in [6, 6.07) is 2.11. The van der Waals surface area contributed by atoms with Crippen LogP contribution in [0, 0.1) is 0 Å². The van der Waals surface area contributed by atoms with E-state index in [9.17, 15) is 5.11 Å². The minimum atomic E-state index is -0.643. The van der Waals surface area contributed by atoms with Crippen LogP contribution in [0.1, 0.15) is 18.9 Å². The molecule has 0 saturated carbocycles. The van der Waals surface area contributed by atoms with Crippen molar-refractivity contribution in [2.75, 3.05) is 26.8 Å². The van der Waals surface area contributed by atoms with Crippen molar-refractivity contribution in [1.29, 1.82) is 0 Å². The predicted molar refractivity (Wildman–Crippen MR) is 68.0 cm³/mol. The van der Waals surface area contributed by atoms with Crippen LogP contribution >= 0.6 is 11.3 Å². The summed E-state index contributed by atoms with van der Waals surface area (Å²) in [5, 5.41) is 17.5. The molecule has 0 amide bonds. The quantitative estimate of drug-likeness (QED) is 0.682. The molecule has 1 unspecified atom stereocenters. The van der Waals surface area contributed by atoms with Crippen LogP contribution in [0.3, 0.4) is 0 Å². The van der Waals surface area contributed by atoms with Gasteiger partial charge >= 0.3 is 0 Å². The van der Waals surface area contributed by atoms with Gasteiger partial charge in [0, 0.05) is 20.2 Å². The number of rotatable bonds is 8.